The molecular weight excluding hydrogens is 662 g/mol. The number of carbonyl (C=O) groups is 2. The summed E-state index contributed by atoms with van der Waals surface area (Å²) in [4.78, 5) is 24.3. The van der Waals surface area contributed by atoms with Gasteiger partial charge in [0.1, 0.15) is 0 Å². The van der Waals surface area contributed by atoms with E-state index in [0.29, 0.717) is 0 Å². The monoisotopic (exact) mass is 682 g/mol. The molecule has 32 heavy (non-hydrogen) atoms. The molecule has 162 valence electrons. The zero-order valence-electron chi connectivity index (χ0n) is 17.5. The first-order valence-corrected chi connectivity index (χ1v) is 13.5. The Hall–Kier alpha value is -1.36. The van der Waals surface area contributed by atoms with Crippen molar-refractivity contribution in [2.24, 2.45) is 0 Å². The van der Waals surface area contributed by atoms with Gasteiger partial charge in [-0.05, 0) is 104 Å². The summed E-state index contributed by atoms with van der Waals surface area (Å²) in [6, 6.07) is 20.4. The first-order chi connectivity index (χ1) is 15.3. The fraction of sp³-hybridized carbons (Fsp3) is 0.0769. The van der Waals surface area contributed by atoms with Gasteiger partial charge in [-0.1, -0.05) is 72.1 Å². The lowest BCUT2D eigenvalue weighted by Gasteiger charge is -2.05. The summed E-state index contributed by atoms with van der Waals surface area (Å²) in [6.45, 7) is 3.15. The van der Waals surface area contributed by atoms with E-state index in [1.54, 1.807) is 13.8 Å². The average molecular weight is 682 g/mol. The highest BCUT2D eigenvalue weighted by Crippen LogP contribution is 2.26. The molecule has 0 saturated carbocycles. The maximum Gasteiger partial charge on any atom is 0.190 e. The van der Waals surface area contributed by atoms with Crippen molar-refractivity contribution in [3.63, 3.8) is 0 Å². The minimum Gasteiger partial charge on any atom is -0.287 e. The predicted molar refractivity (Wildman–Crippen MR) is 156 cm³/mol. The van der Waals surface area contributed by atoms with E-state index >= 15 is 0 Å². The van der Waals surface area contributed by atoms with Crippen LogP contribution in [0.2, 0.25) is 0 Å². The van der Waals surface area contributed by atoms with Gasteiger partial charge in [0.15, 0.2) is 10.2 Å². The van der Waals surface area contributed by atoms with Crippen LogP contribution in [-0.4, -0.2) is 10.2 Å². The van der Waals surface area contributed by atoms with E-state index in [0.717, 1.165) is 20.9 Å². The quantitative estimate of drug-likeness (QED) is 0.148. The van der Waals surface area contributed by atoms with Crippen molar-refractivity contribution in [3.8, 4) is 0 Å². The van der Waals surface area contributed by atoms with E-state index in [1.807, 2.05) is 48.5 Å². The number of rotatable bonds is 6. The lowest BCUT2D eigenvalue weighted by molar-refractivity contribution is -0.109. The lowest BCUT2D eigenvalue weighted by atomic mass is 10.1. The smallest absolute Gasteiger partial charge is 0.190 e. The third-order valence-corrected chi connectivity index (χ3v) is 7.77. The van der Waals surface area contributed by atoms with Crippen LogP contribution in [0.4, 0.5) is 0 Å². The summed E-state index contributed by atoms with van der Waals surface area (Å²) in [5, 5.41) is 0.186. The molecule has 0 spiro atoms. The van der Waals surface area contributed by atoms with E-state index in [9.17, 15) is 9.59 Å². The van der Waals surface area contributed by atoms with Crippen LogP contribution in [0.15, 0.2) is 70.5 Å². The lowest BCUT2D eigenvalue weighted by Crippen LogP contribution is -1.88. The van der Waals surface area contributed by atoms with Gasteiger partial charge in [0.25, 0.3) is 0 Å². The largest absolute Gasteiger partial charge is 0.287 e. The fourth-order valence-corrected chi connectivity index (χ4v) is 5.38. The zero-order valence-corrected chi connectivity index (χ0v) is 23.4. The highest BCUT2D eigenvalue weighted by atomic mass is 127. The average Bonchev–Trinajstić information content (AvgIpc) is 2.74. The summed E-state index contributed by atoms with van der Waals surface area (Å²) < 4.78 is 2.35. The Morgan fingerprint density at radius 3 is 1.28 bits per heavy atom. The Morgan fingerprint density at radius 2 is 0.969 bits per heavy atom. The first-order valence-electron chi connectivity index (χ1n) is 9.72. The van der Waals surface area contributed by atoms with E-state index < -0.39 is 0 Å². The van der Waals surface area contributed by atoms with E-state index in [2.05, 4.69) is 81.6 Å². The molecule has 0 atom stereocenters. The number of thioether (sulfide) groups is 2. The van der Waals surface area contributed by atoms with Gasteiger partial charge in [-0.2, -0.15) is 0 Å². The topological polar surface area (TPSA) is 34.1 Å². The Bertz CT molecular complexity index is 1090. The van der Waals surface area contributed by atoms with Crippen LogP contribution in [0, 0.1) is 7.14 Å². The first kappa shape index (κ1) is 25.3. The van der Waals surface area contributed by atoms with Crippen LogP contribution in [0.3, 0.4) is 0 Å². The van der Waals surface area contributed by atoms with Gasteiger partial charge < -0.3 is 0 Å². The van der Waals surface area contributed by atoms with Crippen LogP contribution in [0.1, 0.15) is 36.1 Å². The summed E-state index contributed by atoms with van der Waals surface area (Å²) in [7, 11) is 0. The predicted octanol–water partition coefficient (Wildman–Crippen LogP) is 8.51. The van der Waals surface area contributed by atoms with Gasteiger partial charge in [-0.3, -0.25) is 9.59 Å². The van der Waals surface area contributed by atoms with Gasteiger partial charge in [-0.15, -0.1) is 0 Å². The van der Waals surface area contributed by atoms with Crippen molar-refractivity contribution in [2.45, 2.75) is 23.6 Å². The molecular formula is C26H20I2O2S2. The van der Waals surface area contributed by atoms with Crippen molar-refractivity contribution < 1.29 is 9.59 Å². The zero-order chi connectivity index (χ0) is 23.1. The molecule has 0 bridgehead atoms. The molecule has 0 N–H and O–H groups in total. The van der Waals surface area contributed by atoms with Crippen molar-refractivity contribution in [3.05, 3.63) is 90.1 Å². The van der Waals surface area contributed by atoms with Crippen LogP contribution < -0.4 is 0 Å². The van der Waals surface area contributed by atoms with Gasteiger partial charge in [0.05, 0.1) is 0 Å². The molecule has 0 heterocycles. The number of carbonyl (C=O) groups excluding carboxylic acids is 2. The highest BCUT2D eigenvalue weighted by Gasteiger charge is 2.04. The fourth-order valence-electron chi connectivity index (χ4n) is 2.83. The van der Waals surface area contributed by atoms with Crippen molar-refractivity contribution in [2.75, 3.05) is 0 Å². The molecule has 0 aliphatic heterocycles. The molecule has 3 aromatic rings. The number of hydrogen-bond acceptors (Lipinski definition) is 4. The third-order valence-electron chi connectivity index (χ3n) is 4.31. The minimum atomic E-state index is 0.0931. The maximum absolute atomic E-state index is 11.2. The number of benzene rings is 3. The standard InChI is InChI=1S/C26H20I2O2S2/c1-17(29)31-23-11-5-19(6-12-23)3-9-21-15-26(28)22(16-25(21)27)10-4-20-7-13-24(14-8-20)32-18(2)30/h3-16H,1-2H3/b9-3+,10-4+. The number of hydrogen-bond donors (Lipinski definition) is 0. The molecule has 0 radical (unpaired) electrons. The van der Waals surface area contributed by atoms with Gasteiger partial charge in [0, 0.05) is 30.8 Å². The second-order valence-corrected chi connectivity index (χ2v) is 11.7. The minimum absolute atomic E-state index is 0.0931. The van der Waals surface area contributed by atoms with Gasteiger partial charge >= 0.3 is 0 Å². The second kappa shape index (κ2) is 12.2. The van der Waals surface area contributed by atoms with Crippen molar-refractivity contribution in [1.82, 2.24) is 0 Å². The van der Waals surface area contributed by atoms with Crippen LogP contribution >= 0.6 is 68.7 Å². The Kier molecular flexibility index (Phi) is 9.63. The van der Waals surface area contributed by atoms with Crippen molar-refractivity contribution in [1.29, 1.82) is 0 Å². The second-order valence-electron chi connectivity index (χ2n) is 6.89. The molecule has 0 aromatic heterocycles. The van der Waals surface area contributed by atoms with E-state index in [4.69, 9.17) is 0 Å². The molecule has 3 aromatic carbocycles. The van der Waals surface area contributed by atoms with E-state index in [-0.39, 0.29) is 10.2 Å². The number of halogens is 2. The SMILES string of the molecule is CC(=O)Sc1ccc(/C=C/c2cc(I)c(/C=C/c3ccc(SC(C)=O)cc3)cc2I)cc1. The molecule has 0 amide bonds. The Morgan fingerprint density at radius 1 is 0.625 bits per heavy atom. The highest BCUT2D eigenvalue weighted by molar-refractivity contribution is 14.1. The summed E-state index contributed by atoms with van der Waals surface area (Å²) >= 11 is 7.23. The maximum atomic E-state index is 11.2. The third kappa shape index (κ3) is 7.90. The molecule has 3 rings (SSSR count). The van der Waals surface area contributed by atoms with E-state index in [1.165, 1.54) is 41.8 Å². The summed E-state index contributed by atoms with van der Waals surface area (Å²) in [5.74, 6) is 0. The van der Waals surface area contributed by atoms with Crippen LogP contribution in [0.25, 0.3) is 24.3 Å². The summed E-state index contributed by atoms with van der Waals surface area (Å²) in [5.41, 5.74) is 4.53. The molecule has 0 saturated heterocycles. The summed E-state index contributed by atoms with van der Waals surface area (Å²) in [6.07, 6.45) is 8.42. The Balaban J connectivity index is 1.71. The van der Waals surface area contributed by atoms with Crippen LogP contribution in [-0.2, 0) is 9.59 Å². The van der Waals surface area contributed by atoms with Gasteiger partial charge in [0.2, 0.25) is 0 Å². The molecule has 2 nitrogen and oxygen atoms in total. The molecule has 0 aliphatic carbocycles. The van der Waals surface area contributed by atoms with Crippen molar-refractivity contribution >= 4 is 103 Å². The molecule has 0 aliphatic rings. The normalized spacial score (nSPS) is 11.4. The molecule has 6 heteroatoms. The molecule has 0 fully saturated rings. The molecule has 0 unspecified atom stereocenters. The Labute approximate surface area is 224 Å². The van der Waals surface area contributed by atoms with Gasteiger partial charge in [-0.25, -0.2) is 0 Å². The van der Waals surface area contributed by atoms with Crippen LogP contribution in [0.5, 0.6) is 0 Å².